The summed E-state index contributed by atoms with van der Waals surface area (Å²) in [5.41, 5.74) is 3.55. The molecule has 0 bridgehead atoms. The highest BCUT2D eigenvalue weighted by atomic mass is 16.2. The zero-order valence-corrected chi connectivity index (χ0v) is 14.9. The first-order valence-corrected chi connectivity index (χ1v) is 8.72. The van der Waals surface area contributed by atoms with Crippen molar-refractivity contribution in [2.75, 3.05) is 9.80 Å². The quantitative estimate of drug-likeness (QED) is 0.490. The van der Waals surface area contributed by atoms with Crippen LogP contribution in [-0.2, 0) is 4.79 Å². The Hall–Kier alpha value is -3.66. The fourth-order valence-electron chi connectivity index (χ4n) is 3.08. The van der Waals surface area contributed by atoms with Crippen LogP contribution in [0.5, 0.6) is 0 Å². The van der Waals surface area contributed by atoms with Gasteiger partial charge in [-0.3, -0.25) is 9.69 Å². The molecular formula is C23H18N2O2. The van der Waals surface area contributed by atoms with Crippen molar-refractivity contribution < 1.29 is 9.59 Å². The minimum Gasteiger partial charge on any atom is -0.266 e. The maximum Gasteiger partial charge on any atom is 0.340 e. The molecule has 0 atom stereocenters. The fourth-order valence-corrected chi connectivity index (χ4v) is 3.08. The summed E-state index contributed by atoms with van der Waals surface area (Å²) in [7, 11) is 0. The first-order chi connectivity index (χ1) is 13.1. The van der Waals surface area contributed by atoms with E-state index in [1.54, 1.807) is 18.2 Å². The van der Waals surface area contributed by atoms with Gasteiger partial charge in [0.05, 0.1) is 11.4 Å². The second-order valence-electron chi connectivity index (χ2n) is 6.37. The Labute approximate surface area is 158 Å². The van der Waals surface area contributed by atoms with E-state index in [2.05, 4.69) is 0 Å². The Bertz CT molecular complexity index is 1010. The van der Waals surface area contributed by atoms with Gasteiger partial charge < -0.3 is 0 Å². The third-order valence-corrected chi connectivity index (χ3v) is 4.46. The molecule has 4 rings (SSSR count). The zero-order chi connectivity index (χ0) is 18.8. The van der Waals surface area contributed by atoms with E-state index >= 15 is 0 Å². The molecule has 3 aromatic rings. The van der Waals surface area contributed by atoms with Crippen molar-refractivity contribution in [3.8, 4) is 0 Å². The number of hydrogen-bond donors (Lipinski definition) is 0. The number of amides is 3. The number of rotatable bonds is 3. The molecule has 4 heteroatoms. The maximum absolute atomic E-state index is 13.2. The summed E-state index contributed by atoms with van der Waals surface area (Å²) in [6.45, 7) is 2.01. The van der Waals surface area contributed by atoms with Crippen molar-refractivity contribution in [3.05, 3.63) is 102 Å². The summed E-state index contributed by atoms with van der Waals surface area (Å²) in [5, 5.41) is 0. The summed E-state index contributed by atoms with van der Waals surface area (Å²) in [5.74, 6) is -0.337. The van der Waals surface area contributed by atoms with Crippen molar-refractivity contribution in [1.29, 1.82) is 0 Å². The number of nitrogens with zero attached hydrogens (tertiary/aromatic N) is 2. The average molecular weight is 354 g/mol. The van der Waals surface area contributed by atoms with Crippen LogP contribution < -0.4 is 9.80 Å². The second kappa shape index (κ2) is 6.92. The number of aryl methyl sites for hydroxylation is 1. The topological polar surface area (TPSA) is 40.6 Å². The van der Waals surface area contributed by atoms with Crippen LogP contribution in [0.1, 0.15) is 11.1 Å². The maximum atomic E-state index is 13.2. The third-order valence-electron chi connectivity index (χ3n) is 4.46. The largest absolute Gasteiger partial charge is 0.340 e. The van der Waals surface area contributed by atoms with E-state index in [9.17, 15) is 9.59 Å². The van der Waals surface area contributed by atoms with Gasteiger partial charge in [-0.05, 0) is 42.8 Å². The van der Waals surface area contributed by atoms with E-state index < -0.39 is 0 Å². The standard InChI is InChI=1S/C23H18N2O2/c1-17-12-14-18(15-13-17)16-21-22(26)25(20-10-6-3-7-11-20)23(27)24(21)19-8-4-2-5-9-19/h2-16H,1H3/b21-16+. The number of hydrogen-bond acceptors (Lipinski definition) is 2. The van der Waals surface area contributed by atoms with E-state index in [0.717, 1.165) is 11.1 Å². The normalized spacial score (nSPS) is 15.7. The molecule has 0 spiro atoms. The lowest BCUT2D eigenvalue weighted by molar-refractivity contribution is -0.113. The van der Waals surface area contributed by atoms with Gasteiger partial charge in [0.15, 0.2) is 0 Å². The van der Waals surface area contributed by atoms with Gasteiger partial charge in [0.1, 0.15) is 5.70 Å². The summed E-state index contributed by atoms with van der Waals surface area (Å²) >= 11 is 0. The van der Waals surface area contributed by atoms with Crippen LogP contribution in [-0.4, -0.2) is 11.9 Å². The Balaban J connectivity index is 1.84. The predicted molar refractivity (Wildman–Crippen MR) is 107 cm³/mol. The molecule has 0 aromatic heterocycles. The Kier molecular flexibility index (Phi) is 4.30. The predicted octanol–water partition coefficient (Wildman–Crippen LogP) is 5.01. The molecule has 27 heavy (non-hydrogen) atoms. The van der Waals surface area contributed by atoms with E-state index in [0.29, 0.717) is 17.1 Å². The first kappa shape index (κ1) is 16.8. The van der Waals surface area contributed by atoms with Gasteiger partial charge in [-0.15, -0.1) is 0 Å². The van der Waals surface area contributed by atoms with E-state index in [4.69, 9.17) is 0 Å². The summed E-state index contributed by atoms with van der Waals surface area (Å²) in [6.07, 6.45) is 1.76. The Morgan fingerprint density at radius 2 is 1.19 bits per heavy atom. The first-order valence-electron chi connectivity index (χ1n) is 8.72. The van der Waals surface area contributed by atoms with Crippen molar-refractivity contribution in [1.82, 2.24) is 0 Å². The molecule has 1 heterocycles. The molecule has 4 nitrogen and oxygen atoms in total. The van der Waals surface area contributed by atoms with Gasteiger partial charge in [-0.25, -0.2) is 9.69 Å². The van der Waals surface area contributed by atoms with E-state index in [1.807, 2.05) is 79.7 Å². The molecule has 0 N–H and O–H groups in total. The Morgan fingerprint density at radius 3 is 1.74 bits per heavy atom. The lowest BCUT2D eigenvalue weighted by Crippen LogP contribution is -2.32. The lowest BCUT2D eigenvalue weighted by Gasteiger charge is -2.17. The summed E-state index contributed by atoms with van der Waals surface area (Å²) in [6, 6.07) is 25.7. The smallest absolute Gasteiger partial charge is 0.266 e. The van der Waals surface area contributed by atoms with Gasteiger partial charge >= 0.3 is 6.03 Å². The van der Waals surface area contributed by atoms with Gasteiger partial charge in [-0.2, -0.15) is 0 Å². The lowest BCUT2D eigenvalue weighted by atomic mass is 10.1. The van der Waals surface area contributed by atoms with Crippen LogP contribution in [0.4, 0.5) is 16.2 Å². The average Bonchev–Trinajstić information content (AvgIpc) is 2.95. The van der Waals surface area contributed by atoms with Crippen LogP contribution in [0.15, 0.2) is 90.6 Å². The molecule has 1 fully saturated rings. The number of imide groups is 1. The van der Waals surface area contributed by atoms with Crippen molar-refractivity contribution in [3.63, 3.8) is 0 Å². The molecule has 3 aromatic carbocycles. The highest BCUT2D eigenvalue weighted by Crippen LogP contribution is 2.32. The molecule has 1 saturated heterocycles. The molecule has 0 radical (unpaired) electrons. The molecule has 1 aliphatic rings. The number of carbonyl (C=O) groups excluding carboxylic acids is 2. The van der Waals surface area contributed by atoms with Gasteiger partial charge in [0.2, 0.25) is 0 Å². The monoisotopic (exact) mass is 354 g/mol. The molecule has 0 unspecified atom stereocenters. The number of urea groups is 1. The van der Waals surface area contributed by atoms with Crippen LogP contribution in [0.3, 0.4) is 0 Å². The van der Waals surface area contributed by atoms with Crippen LogP contribution >= 0.6 is 0 Å². The van der Waals surface area contributed by atoms with Crippen molar-refractivity contribution >= 4 is 29.4 Å². The second-order valence-corrected chi connectivity index (χ2v) is 6.37. The molecule has 132 valence electrons. The number of para-hydroxylation sites is 2. The number of carbonyl (C=O) groups is 2. The van der Waals surface area contributed by atoms with Crippen LogP contribution in [0.25, 0.3) is 6.08 Å². The van der Waals surface area contributed by atoms with Gasteiger partial charge in [0, 0.05) is 0 Å². The van der Waals surface area contributed by atoms with Crippen LogP contribution in [0.2, 0.25) is 0 Å². The SMILES string of the molecule is Cc1ccc(/C=C2\C(=O)N(c3ccccc3)C(=O)N2c2ccccc2)cc1. The third kappa shape index (κ3) is 3.13. The van der Waals surface area contributed by atoms with Crippen molar-refractivity contribution in [2.24, 2.45) is 0 Å². The molecule has 0 saturated carbocycles. The number of anilines is 2. The minimum absolute atomic E-state index is 0.332. The molecule has 3 amide bonds. The highest BCUT2D eigenvalue weighted by molar-refractivity contribution is 6.35. The molecule has 1 aliphatic heterocycles. The van der Waals surface area contributed by atoms with E-state index in [1.165, 1.54) is 9.80 Å². The van der Waals surface area contributed by atoms with Gasteiger partial charge in [-0.1, -0.05) is 66.2 Å². The van der Waals surface area contributed by atoms with Gasteiger partial charge in [0.25, 0.3) is 5.91 Å². The number of benzene rings is 3. The summed E-state index contributed by atoms with van der Waals surface area (Å²) in [4.78, 5) is 29.0. The highest BCUT2D eigenvalue weighted by Gasteiger charge is 2.42. The zero-order valence-electron chi connectivity index (χ0n) is 14.9. The molecular weight excluding hydrogens is 336 g/mol. The molecule has 0 aliphatic carbocycles. The Morgan fingerprint density at radius 1 is 0.667 bits per heavy atom. The van der Waals surface area contributed by atoms with Crippen LogP contribution in [0, 0.1) is 6.92 Å². The fraction of sp³-hybridized carbons (Fsp3) is 0.0435. The summed E-state index contributed by atoms with van der Waals surface area (Å²) < 4.78 is 0. The minimum atomic E-state index is -0.379. The van der Waals surface area contributed by atoms with Crippen molar-refractivity contribution in [2.45, 2.75) is 6.92 Å². The van der Waals surface area contributed by atoms with E-state index in [-0.39, 0.29) is 11.9 Å².